The van der Waals surface area contributed by atoms with Gasteiger partial charge in [-0.1, -0.05) is 0 Å². The summed E-state index contributed by atoms with van der Waals surface area (Å²) in [5, 5.41) is 46.5. The fourth-order valence-corrected chi connectivity index (χ4v) is 1.61. The Morgan fingerprint density at radius 2 is 2.12 bits per heavy atom. The maximum Gasteiger partial charge on any atom is 0.331 e. The molecule has 7 nitrogen and oxygen atoms in total. The minimum atomic E-state index is -2.21. The maximum absolute atomic E-state index is 10.6. The zero-order valence-electron chi connectivity index (χ0n) is 9.28. The molecular formula is C10H16O7. The van der Waals surface area contributed by atoms with E-state index in [2.05, 4.69) is 0 Å². The lowest BCUT2D eigenvalue weighted by Gasteiger charge is -2.41. The van der Waals surface area contributed by atoms with Crippen LogP contribution in [0.2, 0.25) is 0 Å². The molecule has 0 bridgehead atoms. The predicted octanol–water partition coefficient (Wildman–Crippen LogP) is -1.79. The molecule has 7 heteroatoms. The molecule has 17 heavy (non-hydrogen) atoms. The smallest absolute Gasteiger partial charge is 0.331 e. The lowest BCUT2D eigenvalue weighted by molar-refractivity contribution is -0.298. The Morgan fingerprint density at radius 3 is 2.59 bits per heavy atom. The second-order valence-electron chi connectivity index (χ2n) is 4.04. The molecule has 0 aromatic carbocycles. The summed E-state index contributed by atoms with van der Waals surface area (Å²) in [5.41, 5.74) is -0.209. The highest BCUT2D eigenvalue weighted by molar-refractivity contribution is 5.85. The zero-order chi connectivity index (χ0) is 13.2. The van der Waals surface area contributed by atoms with Gasteiger partial charge in [-0.25, -0.2) is 4.79 Å². The minimum Gasteiger partial charge on any atom is -0.478 e. The van der Waals surface area contributed by atoms with Crippen LogP contribution in [0.15, 0.2) is 11.6 Å². The number of carbonyl (C=O) groups is 1. The Hall–Kier alpha value is -0.990. The highest BCUT2D eigenvalue weighted by Gasteiger charge is 2.45. The molecule has 0 amide bonds. The summed E-state index contributed by atoms with van der Waals surface area (Å²) >= 11 is 0. The van der Waals surface area contributed by atoms with Crippen molar-refractivity contribution in [3.05, 3.63) is 11.6 Å². The molecule has 1 aliphatic heterocycles. The Bertz CT molecular complexity index is 327. The van der Waals surface area contributed by atoms with Crippen molar-refractivity contribution in [2.24, 2.45) is 0 Å². The average molecular weight is 248 g/mol. The minimum absolute atomic E-state index is 0.209. The van der Waals surface area contributed by atoms with Crippen LogP contribution in [0.1, 0.15) is 13.3 Å². The summed E-state index contributed by atoms with van der Waals surface area (Å²) in [5.74, 6) is -3.48. The molecule has 0 aliphatic carbocycles. The summed E-state index contributed by atoms with van der Waals surface area (Å²) in [6.45, 7) is 0.686. The highest BCUT2D eigenvalue weighted by atomic mass is 16.7. The van der Waals surface area contributed by atoms with E-state index in [1.165, 1.54) is 6.92 Å². The van der Waals surface area contributed by atoms with Gasteiger partial charge >= 0.3 is 5.97 Å². The van der Waals surface area contributed by atoms with Gasteiger partial charge in [-0.15, -0.1) is 0 Å². The van der Waals surface area contributed by atoms with Gasteiger partial charge in [0.2, 0.25) is 5.79 Å². The van der Waals surface area contributed by atoms with Crippen LogP contribution in [0.3, 0.4) is 0 Å². The average Bonchev–Trinajstić information content (AvgIpc) is 2.23. The lowest BCUT2D eigenvalue weighted by Crippen LogP contribution is -2.56. The Kier molecular flexibility index (Phi) is 4.23. The topological polar surface area (TPSA) is 127 Å². The van der Waals surface area contributed by atoms with Crippen molar-refractivity contribution in [1.29, 1.82) is 0 Å². The second kappa shape index (κ2) is 5.11. The van der Waals surface area contributed by atoms with Gasteiger partial charge in [0.1, 0.15) is 12.2 Å². The van der Waals surface area contributed by atoms with Crippen molar-refractivity contribution >= 4 is 5.97 Å². The number of aliphatic hydroxyl groups is 4. The van der Waals surface area contributed by atoms with Crippen molar-refractivity contribution in [3.63, 3.8) is 0 Å². The van der Waals surface area contributed by atoms with Crippen LogP contribution >= 0.6 is 0 Å². The van der Waals surface area contributed by atoms with E-state index in [0.717, 1.165) is 6.08 Å². The number of carboxylic acid groups (broad SMARTS) is 1. The first-order valence-corrected chi connectivity index (χ1v) is 5.10. The SMILES string of the molecule is C/C(=C/[C@@]1(O)O[C@@H](CO)[C@H](O)C[C@@H]1O)C(=O)O. The molecule has 5 N–H and O–H groups in total. The van der Waals surface area contributed by atoms with Gasteiger partial charge in [0.05, 0.1) is 12.7 Å². The lowest BCUT2D eigenvalue weighted by atomic mass is 9.94. The molecule has 0 radical (unpaired) electrons. The van der Waals surface area contributed by atoms with E-state index in [9.17, 15) is 20.1 Å². The molecule has 1 heterocycles. The molecule has 1 fully saturated rings. The number of hydrogen-bond donors (Lipinski definition) is 5. The molecule has 0 spiro atoms. The first-order chi connectivity index (χ1) is 7.80. The van der Waals surface area contributed by atoms with E-state index in [-0.39, 0.29) is 12.0 Å². The molecule has 0 aromatic heterocycles. The molecule has 1 rings (SSSR count). The number of rotatable bonds is 3. The summed E-state index contributed by atoms with van der Waals surface area (Å²) in [6, 6.07) is 0. The van der Waals surface area contributed by atoms with Gasteiger partial charge in [-0.3, -0.25) is 0 Å². The normalized spacial score (nSPS) is 39.1. The van der Waals surface area contributed by atoms with Gasteiger partial charge in [-0.05, 0) is 13.0 Å². The number of aliphatic carboxylic acids is 1. The van der Waals surface area contributed by atoms with Gasteiger partial charge in [-0.2, -0.15) is 0 Å². The Labute approximate surface area is 97.6 Å². The molecule has 0 aromatic rings. The van der Waals surface area contributed by atoms with Gasteiger partial charge in [0.15, 0.2) is 0 Å². The fraction of sp³-hybridized carbons (Fsp3) is 0.700. The molecule has 1 saturated heterocycles. The molecule has 0 unspecified atom stereocenters. The molecule has 0 saturated carbocycles. The standard InChI is InChI=1S/C10H16O7/c1-5(9(14)15)3-10(16)8(13)2-6(12)7(4-11)17-10/h3,6-8,11-13,16H,2,4H2,1H3,(H,14,15)/b5-3-/t6-,7+,8+,10-/m1/s1. The predicted molar refractivity (Wildman–Crippen MR) is 54.9 cm³/mol. The molecule has 1 aliphatic rings. The second-order valence-corrected chi connectivity index (χ2v) is 4.04. The van der Waals surface area contributed by atoms with Crippen LogP contribution < -0.4 is 0 Å². The van der Waals surface area contributed by atoms with E-state index in [0.29, 0.717) is 0 Å². The maximum atomic E-state index is 10.6. The number of carboxylic acids is 1. The van der Waals surface area contributed by atoms with E-state index in [1.54, 1.807) is 0 Å². The van der Waals surface area contributed by atoms with Crippen LogP contribution in [0, 0.1) is 0 Å². The zero-order valence-corrected chi connectivity index (χ0v) is 9.28. The quantitative estimate of drug-likeness (QED) is 0.373. The van der Waals surface area contributed by atoms with Crippen molar-refractivity contribution in [3.8, 4) is 0 Å². The third-order valence-electron chi connectivity index (χ3n) is 2.65. The first-order valence-electron chi connectivity index (χ1n) is 5.10. The third-order valence-corrected chi connectivity index (χ3v) is 2.65. The largest absolute Gasteiger partial charge is 0.478 e. The van der Waals surface area contributed by atoms with E-state index in [4.69, 9.17) is 14.9 Å². The fourth-order valence-electron chi connectivity index (χ4n) is 1.61. The Morgan fingerprint density at radius 1 is 1.53 bits per heavy atom. The van der Waals surface area contributed by atoms with Crippen molar-refractivity contribution in [2.45, 2.75) is 37.4 Å². The molecule has 4 atom stereocenters. The van der Waals surface area contributed by atoms with Crippen LogP contribution in [-0.4, -0.2) is 62.2 Å². The van der Waals surface area contributed by atoms with Gasteiger partial charge in [0.25, 0.3) is 0 Å². The van der Waals surface area contributed by atoms with Crippen molar-refractivity contribution in [1.82, 2.24) is 0 Å². The van der Waals surface area contributed by atoms with Crippen LogP contribution in [0.5, 0.6) is 0 Å². The monoisotopic (exact) mass is 248 g/mol. The van der Waals surface area contributed by atoms with Gasteiger partial charge in [0, 0.05) is 12.0 Å². The number of aliphatic hydroxyl groups excluding tert-OH is 3. The van der Waals surface area contributed by atoms with E-state index < -0.39 is 36.7 Å². The van der Waals surface area contributed by atoms with Crippen molar-refractivity contribution in [2.75, 3.05) is 6.61 Å². The van der Waals surface area contributed by atoms with Crippen molar-refractivity contribution < 1.29 is 35.1 Å². The van der Waals surface area contributed by atoms with Crippen LogP contribution in [0.25, 0.3) is 0 Å². The van der Waals surface area contributed by atoms with Crippen LogP contribution in [0.4, 0.5) is 0 Å². The van der Waals surface area contributed by atoms with Gasteiger partial charge < -0.3 is 30.3 Å². The summed E-state index contributed by atoms with van der Waals surface area (Å²) in [4.78, 5) is 10.6. The van der Waals surface area contributed by atoms with Crippen LogP contribution in [-0.2, 0) is 9.53 Å². The molecular weight excluding hydrogens is 232 g/mol. The summed E-state index contributed by atoms with van der Waals surface area (Å²) in [7, 11) is 0. The molecule has 98 valence electrons. The highest BCUT2D eigenvalue weighted by Crippen LogP contribution is 2.29. The Balaban J connectivity index is 2.94. The summed E-state index contributed by atoms with van der Waals surface area (Å²) in [6.07, 6.45) is -3.01. The summed E-state index contributed by atoms with van der Waals surface area (Å²) < 4.78 is 4.93. The number of ether oxygens (including phenoxy) is 1. The number of hydrogen-bond acceptors (Lipinski definition) is 6. The first kappa shape index (κ1) is 14.1. The third kappa shape index (κ3) is 3.02. The van der Waals surface area contributed by atoms with E-state index >= 15 is 0 Å². The van der Waals surface area contributed by atoms with E-state index in [1.807, 2.05) is 0 Å².